The molecule has 0 saturated heterocycles. The summed E-state index contributed by atoms with van der Waals surface area (Å²) in [5.74, 6) is -0.0278. The van der Waals surface area contributed by atoms with Gasteiger partial charge in [-0.2, -0.15) is 4.31 Å². The molecule has 0 spiro atoms. The number of rotatable bonds is 6. The maximum absolute atomic E-state index is 12.0. The van der Waals surface area contributed by atoms with Gasteiger partial charge in [-0.05, 0) is 17.5 Å². The second kappa shape index (κ2) is 6.26. The maximum Gasteiger partial charge on any atom is 0.218 e. The predicted octanol–water partition coefficient (Wildman–Crippen LogP) is 1.30. The minimum absolute atomic E-state index is 0.0278. The Morgan fingerprint density at radius 1 is 1.39 bits per heavy atom. The molecule has 0 atom stereocenters. The van der Waals surface area contributed by atoms with E-state index in [4.69, 9.17) is 18.0 Å². The molecule has 0 aliphatic heterocycles. The summed E-state index contributed by atoms with van der Waals surface area (Å²) in [5.41, 5.74) is 7.26. The van der Waals surface area contributed by atoms with Crippen molar-refractivity contribution >= 4 is 27.2 Å². The van der Waals surface area contributed by atoms with Gasteiger partial charge >= 0.3 is 0 Å². The van der Waals surface area contributed by atoms with Crippen LogP contribution in [-0.4, -0.2) is 31.3 Å². The number of hydrogen-bond donors (Lipinski definition) is 1. The van der Waals surface area contributed by atoms with Crippen molar-refractivity contribution in [3.8, 4) is 0 Å². The standard InChI is InChI=1S/C12H18N2O2S2/c1-3-10-5-4-6-11(7-10)9-18(15,16)14(2)8-12(13)17/h4-7H,3,8-9H2,1-2H3,(H2,13,17). The van der Waals surface area contributed by atoms with E-state index in [9.17, 15) is 8.42 Å². The van der Waals surface area contributed by atoms with Gasteiger partial charge in [-0.1, -0.05) is 43.4 Å². The number of thiocarbonyl (C=S) groups is 1. The Bertz CT molecular complexity index is 527. The molecule has 0 aliphatic carbocycles. The molecular weight excluding hydrogens is 268 g/mol. The monoisotopic (exact) mass is 286 g/mol. The van der Waals surface area contributed by atoms with Crippen molar-refractivity contribution in [1.29, 1.82) is 0 Å². The third-order valence-corrected chi connectivity index (χ3v) is 4.51. The molecule has 0 heterocycles. The first-order valence-electron chi connectivity index (χ1n) is 5.65. The summed E-state index contributed by atoms with van der Waals surface area (Å²) in [5, 5.41) is 0. The highest BCUT2D eigenvalue weighted by Crippen LogP contribution is 2.12. The third kappa shape index (κ3) is 4.36. The van der Waals surface area contributed by atoms with E-state index in [1.807, 2.05) is 31.2 Å². The third-order valence-electron chi connectivity index (χ3n) is 2.60. The van der Waals surface area contributed by atoms with Crippen LogP contribution in [0, 0.1) is 0 Å². The van der Waals surface area contributed by atoms with Crippen LogP contribution in [0.25, 0.3) is 0 Å². The highest BCUT2D eigenvalue weighted by atomic mass is 32.2. The second-order valence-corrected chi connectivity index (χ2v) is 6.75. The maximum atomic E-state index is 12.0. The second-order valence-electron chi connectivity index (χ2n) is 4.15. The van der Waals surface area contributed by atoms with Gasteiger partial charge in [0.25, 0.3) is 0 Å². The summed E-state index contributed by atoms with van der Waals surface area (Å²) in [7, 11) is -1.88. The molecule has 100 valence electrons. The van der Waals surface area contributed by atoms with Gasteiger partial charge in [0.05, 0.1) is 17.3 Å². The van der Waals surface area contributed by atoms with Crippen molar-refractivity contribution in [2.24, 2.45) is 5.73 Å². The molecule has 0 bridgehead atoms. The molecule has 0 aromatic heterocycles. The quantitative estimate of drug-likeness (QED) is 0.801. The van der Waals surface area contributed by atoms with Crippen LogP contribution in [0.15, 0.2) is 24.3 Å². The predicted molar refractivity (Wildman–Crippen MR) is 77.9 cm³/mol. The Hall–Kier alpha value is -0.980. The summed E-state index contributed by atoms with van der Waals surface area (Å²) in [6.45, 7) is 2.11. The highest BCUT2D eigenvalue weighted by Gasteiger charge is 2.19. The van der Waals surface area contributed by atoms with Gasteiger partial charge in [-0.15, -0.1) is 0 Å². The summed E-state index contributed by atoms with van der Waals surface area (Å²) < 4.78 is 25.3. The molecule has 0 aliphatic rings. The molecule has 18 heavy (non-hydrogen) atoms. The number of nitrogens with two attached hydrogens (primary N) is 1. The molecule has 1 aromatic rings. The molecule has 0 unspecified atom stereocenters. The van der Waals surface area contributed by atoms with Crippen LogP contribution >= 0.6 is 12.2 Å². The van der Waals surface area contributed by atoms with Crippen LogP contribution in [0.3, 0.4) is 0 Å². The number of sulfonamides is 1. The van der Waals surface area contributed by atoms with E-state index in [1.165, 1.54) is 11.4 Å². The SMILES string of the molecule is CCc1cccc(CS(=O)(=O)N(C)CC(N)=S)c1. The van der Waals surface area contributed by atoms with Crippen LogP contribution in [-0.2, 0) is 22.2 Å². The van der Waals surface area contributed by atoms with Crippen molar-refractivity contribution in [1.82, 2.24) is 4.31 Å². The zero-order valence-corrected chi connectivity index (χ0v) is 12.2. The number of likely N-dealkylation sites (N-methyl/N-ethyl adjacent to an activating group) is 1. The van der Waals surface area contributed by atoms with Crippen molar-refractivity contribution in [2.45, 2.75) is 19.1 Å². The highest BCUT2D eigenvalue weighted by molar-refractivity contribution is 7.88. The average Bonchev–Trinajstić information content (AvgIpc) is 2.27. The van der Waals surface area contributed by atoms with Crippen molar-refractivity contribution < 1.29 is 8.42 Å². The lowest BCUT2D eigenvalue weighted by Crippen LogP contribution is -2.35. The lowest BCUT2D eigenvalue weighted by atomic mass is 10.1. The molecule has 1 aromatic carbocycles. The van der Waals surface area contributed by atoms with Gasteiger partial charge < -0.3 is 5.73 Å². The molecule has 0 amide bonds. The zero-order chi connectivity index (χ0) is 13.8. The Morgan fingerprint density at radius 2 is 2.00 bits per heavy atom. The first kappa shape index (κ1) is 15.1. The Balaban J connectivity index is 2.84. The fourth-order valence-electron chi connectivity index (χ4n) is 1.58. The van der Waals surface area contributed by atoms with Crippen LogP contribution in [0.5, 0.6) is 0 Å². The molecule has 6 heteroatoms. The first-order chi connectivity index (χ1) is 8.35. The van der Waals surface area contributed by atoms with Gasteiger partial charge in [0.1, 0.15) is 0 Å². The van der Waals surface area contributed by atoms with E-state index in [0.29, 0.717) is 0 Å². The summed E-state index contributed by atoms with van der Waals surface area (Å²) >= 11 is 4.72. The Kier molecular flexibility index (Phi) is 5.25. The van der Waals surface area contributed by atoms with E-state index in [-0.39, 0.29) is 17.3 Å². The largest absolute Gasteiger partial charge is 0.392 e. The Morgan fingerprint density at radius 3 is 2.56 bits per heavy atom. The summed E-state index contributed by atoms with van der Waals surface area (Å²) in [6.07, 6.45) is 0.886. The number of hydrogen-bond acceptors (Lipinski definition) is 3. The molecule has 0 radical (unpaired) electrons. The van der Waals surface area contributed by atoms with Crippen LogP contribution in [0.1, 0.15) is 18.1 Å². The van der Waals surface area contributed by atoms with Gasteiger partial charge in [-0.3, -0.25) is 0 Å². The fourth-order valence-corrected chi connectivity index (χ4v) is 3.01. The molecular formula is C12H18N2O2S2. The summed E-state index contributed by atoms with van der Waals surface area (Å²) in [6, 6.07) is 7.57. The zero-order valence-electron chi connectivity index (χ0n) is 10.6. The smallest absolute Gasteiger partial charge is 0.218 e. The number of benzene rings is 1. The van der Waals surface area contributed by atoms with Gasteiger partial charge in [-0.25, -0.2) is 8.42 Å². The normalized spacial score (nSPS) is 11.7. The molecule has 0 saturated carbocycles. The summed E-state index contributed by atoms with van der Waals surface area (Å²) in [4.78, 5) is 0.170. The van der Waals surface area contributed by atoms with E-state index >= 15 is 0 Å². The lowest BCUT2D eigenvalue weighted by Gasteiger charge is -2.16. The average molecular weight is 286 g/mol. The van der Waals surface area contributed by atoms with Gasteiger partial charge in [0, 0.05) is 7.05 Å². The molecule has 2 N–H and O–H groups in total. The number of nitrogens with zero attached hydrogens (tertiary/aromatic N) is 1. The van der Waals surface area contributed by atoms with Crippen molar-refractivity contribution in [3.05, 3.63) is 35.4 Å². The fraction of sp³-hybridized carbons (Fsp3) is 0.417. The minimum atomic E-state index is -3.37. The van der Waals surface area contributed by atoms with Crippen molar-refractivity contribution in [2.75, 3.05) is 13.6 Å². The lowest BCUT2D eigenvalue weighted by molar-refractivity contribution is 0.505. The first-order valence-corrected chi connectivity index (χ1v) is 7.67. The Labute approximate surface area is 114 Å². The van der Waals surface area contributed by atoms with E-state index < -0.39 is 10.0 Å². The topological polar surface area (TPSA) is 63.4 Å². The molecule has 4 nitrogen and oxygen atoms in total. The van der Waals surface area contributed by atoms with Gasteiger partial charge in [0.15, 0.2) is 0 Å². The molecule has 1 rings (SSSR count). The molecule has 0 fully saturated rings. The van der Waals surface area contributed by atoms with Gasteiger partial charge in [0.2, 0.25) is 10.0 Å². The van der Waals surface area contributed by atoms with E-state index in [2.05, 4.69) is 0 Å². The number of aryl methyl sites for hydroxylation is 1. The van der Waals surface area contributed by atoms with Crippen molar-refractivity contribution in [3.63, 3.8) is 0 Å². The van der Waals surface area contributed by atoms with Crippen LogP contribution < -0.4 is 5.73 Å². The van der Waals surface area contributed by atoms with E-state index in [1.54, 1.807) is 0 Å². The van der Waals surface area contributed by atoms with Crippen LogP contribution in [0.2, 0.25) is 0 Å². The van der Waals surface area contributed by atoms with E-state index in [0.717, 1.165) is 17.5 Å². The van der Waals surface area contributed by atoms with Crippen LogP contribution in [0.4, 0.5) is 0 Å². The minimum Gasteiger partial charge on any atom is -0.392 e.